The molecule has 0 unspecified atom stereocenters. The molecule has 1 amide bonds. The minimum atomic E-state index is -0.419. The third-order valence-corrected chi connectivity index (χ3v) is 8.01. The molecule has 0 bridgehead atoms. The monoisotopic (exact) mass is 692 g/mol. The lowest BCUT2D eigenvalue weighted by Gasteiger charge is -2.14. The zero-order valence-electron chi connectivity index (χ0n) is 29.2. The van der Waals surface area contributed by atoms with Gasteiger partial charge in [-0.15, -0.1) is 0 Å². The molecule has 4 rings (SSSR count). The molecule has 11 nitrogen and oxygen atoms in total. The summed E-state index contributed by atoms with van der Waals surface area (Å²) in [6.45, 7) is 8.46. The van der Waals surface area contributed by atoms with Crippen LogP contribution >= 0.6 is 0 Å². The molecule has 0 saturated carbocycles. The van der Waals surface area contributed by atoms with E-state index in [-0.39, 0.29) is 18.5 Å². The van der Waals surface area contributed by atoms with Crippen LogP contribution in [0.4, 0.5) is 10.5 Å². The van der Waals surface area contributed by atoms with Crippen LogP contribution in [0.5, 0.6) is 0 Å². The normalized spacial score (nSPS) is 11.9. The molecule has 0 spiro atoms. The van der Waals surface area contributed by atoms with Gasteiger partial charge in [0, 0.05) is 31.3 Å². The Labute approximate surface area is 295 Å². The molecule has 2 N–H and O–H groups in total. The highest BCUT2D eigenvalue weighted by atomic mass is 16.6. The summed E-state index contributed by atoms with van der Waals surface area (Å²) < 4.78 is 38.4. The van der Waals surface area contributed by atoms with Crippen molar-refractivity contribution >= 4 is 17.7 Å². The van der Waals surface area contributed by atoms with E-state index in [2.05, 4.69) is 41.8 Å². The van der Waals surface area contributed by atoms with Crippen LogP contribution in [-0.2, 0) is 33.2 Å². The number of ether oxygens (including phenoxy) is 7. The third-order valence-electron chi connectivity index (χ3n) is 8.01. The fourth-order valence-electron chi connectivity index (χ4n) is 5.41. The number of anilines is 1. The quantitative estimate of drug-likeness (QED) is 0.0758. The van der Waals surface area contributed by atoms with E-state index in [1.54, 1.807) is 12.1 Å². The fourth-order valence-corrected chi connectivity index (χ4v) is 5.41. The van der Waals surface area contributed by atoms with Gasteiger partial charge in [0.25, 0.3) is 0 Å². The SMILES string of the molecule is CCCCNc1ccc(C(=O)OCCOCCOCCOCCOCCOCCCNC(=O)OCC2c3ccccc3-c3ccccc32)cc1. The first kappa shape index (κ1) is 38.8. The van der Waals surface area contributed by atoms with E-state index in [9.17, 15) is 9.59 Å². The number of nitrogens with one attached hydrogen (secondary N) is 2. The van der Waals surface area contributed by atoms with Crippen molar-refractivity contribution in [1.29, 1.82) is 0 Å². The number of amides is 1. The highest BCUT2D eigenvalue weighted by Gasteiger charge is 2.28. The second-order valence-corrected chi connectivity index (χ2v) is 11.7. The molecule has 11 heteroatoms. The molecule has 3 aromatic carbocycles. The van der Waals surface area contributed by atoms with Crippen LogP contribution in [0.1, 0.15) is 53.6 Å². The van der Waals surface area contributed by atoms with Crippen LogP contribution in [0.15, 0.2) is 72.8 Å². The molecule has 0 aromatic heterocycles. The van der Waals surface area contributed by atoms with Crippen LogP contribution in [0.3, 0.4) is 0 Å². The van der Waals surface area contributed by atoms with Crippen molar-refractivity contribution < 1.29 is 42.7 Å². The number of fused-ring (bicyclic) bond motifs is 3. The van der Waals surface area contributed by atoms with E-state index in [4.69, 9.17) is 33.2 Å². The van der Waals surface area contributed by atoms with Gasteiger partial charge in [0.15, 0.2) is 0 Å². The van der Waals surface area contributed by atoms with Crippen molar-refractivity contribution in [3.8, 4) is 11.1 Å². The molecule has 1 aliphatic carbocycles. The Balaban J connectivity index is 0.865. The Kier molecular flexibility index (Phi) is 18.2. The minimum Gasteiger partial charge on any atom is -0.460 e. The highest BCUT2D eigenvalue weighted by molar-refractivity contribution is 5.89. The summed E-state index contributed by atoms with van der Waals surface area (Å²) in [7, 11) is 0. The minimum absolute atomic E-state index is 0.0471. The smallest absolute Gasteiger partial charge is 0.407 e. The van der Waals surface area contributed by atoms with E-state index in [1.165, 1.54) is 22.3 Å². The third kappa shape index (κ3) is 13.7. The van der Waals surface area contributed by atoms with Crippen molar-refractivity contribution in [2.24, 2.45) is 0 Å². The molecule has 0 fully saturated rings. The Morgan fingerprint density at radius 3 is 1.66 bits per heavy atom. The second-order valence-electron chi connectivity index (χ2n) is 11.7. The first-order valence-electron chi connectivity index (χ1n) is 17.7. The van der Waals surface area contributed by atoms with Crippen molar-refractivity contribution in [2.45, 2.75) is 32.1 Å². The molecule has 272 valence electrons. The van der Waals surface area contributed by atoms with Crippen LogP contribution in [0.25, 0.3) is 11.1 Å². The number of rotatable bonds is 26. The molecular formula is C39H52N2O9. The number of hydrogen-bond acceptors (Lipinski definition) is 10. The zero-order chi connectivity index (χ0) is 35.1. The molecule has 0 aliphatic heterocycles. The lowest BCUT2D eigenvalue weighted by molar-refractivity contribution is -0.0152. The maximum atomic E-state index is 12.3. The van der Waals surface area contributed by atoms with E-state index in [0.717, 1.165) is 25.1 Å². The maximum Gasteiger partial charge on any atom is 0.407 e. The molecular weight excluding hydrogens is 640 g/mol. The molecule has 0 atom stereocenters. The van der Waals surface area contributed by atoms with Gasteiger partial charge in [-0.3, -0.25) is 0 Å². The average Bonchev–Trinajstić information content (AvgIpc) is 3.47. The maximum absolute atomic E-state index is 12.3. The van der Waals surface area contributed by atoms with Gasteiger partial charge >= 0.3 is 12.1 Å². The largest absolute Gasteiger partial charge is 0.460 e. The van der Waals surface area contributed by atoms with E-state index < -0.39 is 6.09 Å². The average molecular weight is 693 g/mol. The van der Waals surface area contributed by atoms with Crippen molar-refractivity contribution in [1.82, 2.24) is 5.32 Å². The van der Waals surface area contributed by atoms with Gasteiger partial charge in [-0.2, -0.15) is 0 Å². The van der Waals surface area contributed by atoms with Crippen molar-refractivity contribution in [2.75, 3.05) is 97.7 Å². The number of carbonyl (C=O) groups is 2. The number of hydrogen-bond donors (Lipinski definition) is 2. The standard InChI is InChI=1S/C39H52N2O9/c1-2-3-17-40-32-15-13-31(14-16-32)38(42)49-29-28-48-27-26-47-25-24-46-23-22-45-21-20-44-19-8-18-41-39(43)50-30-37-35-11-6-4-9-33(35)34-10-5-7-12-36(34)37/h4-7,9-16,37,40H,2-3,8,17-30H2,1H3,(H,41,43). The molecule has 0 radical (unpaired) electrons. The van der Waals surface area contributed by atoms with Gasteiger partial charge in [0.2, 0.25) is 0 Å². The van der Waals surface area contributed by atoms with Crippen LogP contribution < -0.4 is 10.6 Å². The zero-order valence-corrected chi connectivity index (χ0v) is 29.2. The van der Waals surface area contributed by atoms with Gasteiger partial charge in [0.05, 0.1) is 65.0 Å². The molecule has 3 aromatic rings. The van der Waals surface area contributed by atoms with E-state index >= 15 is 0 Å². The Morgan fingerprint density at radius 1 is 0.580 bits per heavy atom. The summed E-state index contributed by atoms with van der Waals surface area (Å²) in [6.07, 6.45) is 2.50. The van der Waals surface area contributed by atoms with Crippen molar-refractivity contribution in [3.05, 3.63) is 89.5 Å². The second kappa shape index (κ2) is 23.4. The van der Waals surface area contributed by atoms with Gasteiger partial charge in [0.1, 0.15) is 13.2 Å². The Bertz CT molecular complexity index is 1360. The molecule has 0 heterocycles. The Morgan fingerprint density at radius 2 is 1.10 bits per heavy atom. The van der Waals surface area contributed by atoms with E-state index in [1.807, 2.05) is 36.4 Å². The summed E-state index contributed by atoms with van der Waals surface area (Å²) in [4.78, 5) is 24.4. The van der Waals surface area contributed by atoms with Gasteiger partial charge in [-0.05, 0) is 59.4 Å². The lowest BCUT2D eigenvalue weighted by Crippen LogP contribution is -2.27. The van der Waals surface area contributed by atoms with Crippen LogP contribution in [-0.4, -0.2) is 104 Å². The van der Waals surface area contributed by atoms with Gasteiger partial charge < -0.3 is 43.8 Å². The van der Waals surface area contributed by atoms with E-state index in [0.29, 0.717) is 91.2 Å². The van der Waals surface area contributed by atoms with Crippen molar-refractivity contribution in [3.63, 3.8) is 0 Å². The lowest BCUT2D eigenvalue weighted by atomic mass is 9.98. The first-order valence-corrected chi connectivity index (χ1v) is 17.7. The fraction of sp³-hybridized carbons (Fsp3) is 0.487. The number of esters is 1. The summed E-state index contributed by atoms with van der Waals surface area (Å²) in [5.74, 6) is -0.317. The van der Waals surface area contributed by atoms with Gasteiger partial charge in [-0.1, -0.05) is 61.9 Å². The predicted octanol–water partition coefficient (Wildman–Crippen LogP) is 6.07. The summed E-state index contributed by atoms with van der Waals surface area (Å²) in [5.41, 5.74) is 6.31. The highest BCUT2D eigenvalue weighted by Crippen LogP contribution is 2.44. The first-order chi connectivity index (χ1) is 24.7. The van der Waals surface area contributed by atoms with Gasteiger partial charge in [-0.25, -0.2) is 9.59 Å². The number of alkyl carbamates (subject to hydrolysis) is 1. The molecule has 50 heavy (non-hydrogen) atoms. The summed E-state index contributed by atoms with van der Waals surface area (Å²) in [6, 6.07) is 23.8. The van der Waals surface area contributed by atoms with Crippen LogP contribution in [0, 0.1) is 0 Å². The molecule has 1 aliphatic rings. The Hall–Kier alpha value is -4.00. The topological polar surface area (TPSA) is 123 Å². The predicted molar refractivity (Wildman–Crippen MR) is 192 cm³/mol. The number of carbonyl (C=O) groups excluding carboxylic acids is 2. The van der Waals surface area contributed by atoms with Crippen LogP contribution in [0.2, 0.25) is 0 Å². The number of unbranched alkanes of at least 4 members (excludes halogenated alkanes) is 1. The molecule has 0 saturated heterocycles. The summed E-state index contributed by atoms with van der Waals surface area (Å²) >= 11 is 0. The summed E-state index contributed by atoms with van der Waals surface area (Å²) in [5, 5.41) is 6.12. The number of benzene rings is 3.